The number of rotatable bonds is 10. The van der Waals surface area contributed by atoms with E-state index in [0.29, 0.717) is 12.2 Å². The normalized spacial score (nSPS) is 23.9. The van der Waals surface area contributed by atoms with E-state index >= 15 is 0 Å². The SMILES string of the molecule is COc1ccc(C[C@@]23CC=C(OP(=O)(OC(C)C)OC(C)C)C[C@@H]2N(C)CC3)cc1OC. The highest BCUT2D eigenvalue weighted by molar-refractivity contribution is 7.48. The van der Waals surface area contributed by atoms with Crippen molar-refractivity contribution < 1.29 is 27.6 Å². The van der Waals surface area contributed by atoms with Gasteiger partial charge in [-0.3, -0.25) is 9.05 Å². The first-order chi connectivity index (χ1) is 15.1. The molecule has 1 saturated heterocycles. The second kappa shape index (κ2) is 10.2. The van der Waals surface area contributed by atoms with E-state index in [0.717, 1.165) is 37.3 Å². The van der Waals surface area contributed by atoms with Crippen LogP contribution >= 0.6 is 7.82 Å². The molecule has 7 nitrogen and oxygen atoms in total. The smallest absolute Gasteiger partial charge is 0.493 e. The van der Waals surface area contributed by atoms with Crippen LogP contribution in [0, 0.1) is 5.41 Å². The molecule has 0 bridgehead atoms. The summed E-state index contributed by atoms with van der Waals surface area (Å²) in [6.07, 6.45) is 5.09. The third-order valence-electron chi connectivity index (χ3n) is 6.25. The predicted molar refractivity (Wildman–Crippen MR) is 125 cm³/mol. The van der Waals surface area contributed by atoms with E-state index in [2.05, 4.69) is 30.2 Å². The number of benzene rings is 1. The Hall–Kier alpha value is -1.53. The lowest BCUT2D eigenvalue weighted by molar-refractivity contribution is 0.0762. The first-order valence-electron chi connectivity index (χ1n) is 11.4. The van der Waals surface area contributed by atoms with Gasteiger partial charge in [-0.05, 0) is 89.7 Å². The molecular formula is C24H38NO6P. The zero-order valence-electron chi connectivity index (χ0n) is 20.4. The summed E-state index contributed by atoms with van der Waals surface area (Å²) in [4.78, 5) is 2.38. The summed E-state index contributed by atoms with van der Waals surface area (Å²) in [5, 5.41) is 0. The van der Waals surface area contributed by atoms with Gasteiger partial charge in [0.15, 0.2) is 11.5 Å². The fraction of sp³-hybridized carbons (Fsp3) is 0.667. The highest BCUT2D eigenvalue weighted by atomic mass is 31.2. The average molecular weight is 468 g/mol. The zero-order chi connectivity index (χ0) is 23.5. The molecule has 0 radical (unpaired) electrons. The topological polar surface area (TPSA) is 66.5 Å². The van der Waals surface area contributed by atoms with Crippen LogP contribution in [0.25, 0.3) is 0 Å². The van der Waals surface area contributed by atoms with Crippen molar-refractivity contribution >= 4 is 7.82 Å². The number of likely N-dealkylation sites (tertiary alicyclic amines) is 1. The van der Waals surface area contributed by atoms with Crippen molar-refractivity contribution in [3.63, 3.8) is 0 Å². The minimum Gasteiger partial charge on any atom is -0.493 e. The monoisotopic (exact) mass is 467 g/mol. The highest BCUT2D eigenvalue weighted by Gasteiger charge is 2.48. The van der Waals surface area contributed by atoms with Gasteiger partial charge in [0.1, 0.15) is 5.76 Å². The summed E-state index contributed by atoms with van der Waals surface area (Å²) in [5.74, 6) is 2.17. The second-order valence-corrected chi connectivity index (χ2v) is 10.9. The summed E-state index contributed by atoms with van der Waals surface area (Å²) in [6.45, 7) is 8.32. The number of allylic oxidation sites excluding steroid dienone is 1. The van der Waals surface area contributed by atoms with Gasteiger partial charge in [0.05, 0.1) is 26.4 Å². The van der Waals surface area contributed by atoms with Gasteiger partial charge in [0.2, 0.25) is 0 Å². The van der Waals surface area contributed by atoms with Gasteiger partial charge >= 0.3 is 7.82 Å². The Bertz CT molecular complexity index is 856. The number of ether oxygens (including phenoxy) is 2. The molecule has 1 fully saturated rings. The molecule has 1 aromatic rings. The van der Waals surface area contributed by atoms with Gasteiger partial charge in [-0.1, -0.05) is 6.07 Å². The quantitative estimate of drug-likeness (QED) is 0.416. The lowest BCUT2D eigenvalue weighted by Gasteiger charge is -2.41. The average Bonchev–Trinajstić information content (AvgIpc) is 3.02. The molecule has 0 aromatic heterocycles. The van der Waals surface area contributed by atoms with Crippen LogP contribution in [0.5, 0.6) is 11.5 Å². The molecule has 1 aromatic carbocycles. The van der Waals surface area contributed by atoms with Crippen LogP contribution in [-0.2, 0) is 24.6 Å². The van der Waals surface area contributed by atoms with E-state index < -0.39 is 7.82 Å². The summed E-state index contributed by atoms with van der Waals surface area (Å²) in [6, 6.07) is 6.43. The molecule has 180 valence electrons. The van der Waals surface area contributed by atoms with E-state index in [1.807, 2.05) is 33.8 Å². The summed E-state index contributed by atoms with van der Waals surface area (Å²) >= 11 is 0. The molecule has 0 N–H and O–H groups in total. The molecule has 1 heterocycles. The summed E-state index contributed by atoms with van der Waals surface area (Å²) < 4.78 is 41.2. The molecule has 3 rings (SSSR count). The molecule has 32 heavy (non-hydrogen) atoms. The summed E-state index contributed by atoms with van der Waals surface area (Å²) in [7, 11) is 1.78. The standard InChI is InChI=1S/C24H38NO6P/c1-17(2)29-32(26,30-18(3)4)31-20-10-11-24(12-13-25(5)23(24)15-20)16-19-8-9-21(27-6)22(14-19)28-7/h8-10,14,17-18,23H,11-13,15-16H2,1-7H3/t23-,24-/m0/s1. The van der Waals surface area contributed by atoms with Crippen LogP contribution in [0.4, 0.5) is 0 Å². The largest absolute Gasteiger partial charge is 0.530 e. The van der Waals surface area contributed by atoms with Crippen LogP contribution in [0.3, 0.4) is 0 Å². The Morgan fingerprint density at radius 3 is 2.34 bits per heavy atom. The lowest BCUT2D eigenvalue weighted by Crippen LogP contribution is -2.41. The van der Waals surface area contributed by atoms with Crippen molar-refractivity contribution in [1.29, 1.82) is 0 Å². The van der Waals surface area contributed by atoms with Gasteiger partial charge in [-0.15, -0.1) is 0 Å². The van der Waals surface area contributed by atoms with E-state index in [4.69, 9.17) is 23.0 Å². The first kappa shape index (κ1) is 25.1. The molecule has 2 atom stereocenters. The molecular weight excluding hydrogens is 429 g/mol. The number of phosphoric acid groups is 1. The van der Waals surface area contributed by atoms with E-state index in [1.54, 1.807) is 14.2 Å². The van der Waals surface area contributed by atoms with Crippen molar-refractivity contribution in [2.45, 2.75) is 71.6 Å². The second-order valence-electron chi connectivity index (χ2n) is 9.40. The van der Waals surface area contributed by atoms with Crippen molar-refractivity contribution in [1.82, 2.24) is 4.90 Å². The Balaban J connectivity index is 1.82. The fourth-order valence-electron chi connectivity index (χ4n) is 4.87. The van der Waals surface area contributed by atoms with Gasteiger partial charge in [-0.25, -0.2) is 4.57 Å². The van der Waals surface area contributed by atoms with Gasteiger partial charge in [0.25, 0.3) is 0 Å². The third kappa shape index (κ3) is 5.69. The lowest BCUT2D eigenvalue weighted by atomic mass is 9.69. The van der Waals surface area contributed by atoms with Gasteiger partial charge < -0.3 is 18.9 Å². The first-order valence-corrected chi connectivity index (χ1v) is 12.8. The van der Waals surface area contributed by atoms with Crippen LogP contribution in [0.15, 0.2) is 30.0 Å². The Kier molecular flexibility index (Phi) is 7.97. The maximum Gasteiger partial charge on any atom is 0.530 e. The molecule has 0 saturated carbocycles. The van der Waals surface area contributed by atoms with Gasteiger partial charge in [-0.2, -0.15) is 0 Å². The van der Waals surface area contributed by atoms with Crippen molar-refractivity contribution in [2.24, 2.45) is 5.41 Å². The van der Waals surface area contributed by atoms with Crippen molar-refractivity contribution in [3.05, 3.63) is 35.6 Å². The molecule has 1 aliphatic carbocycles. The number of nitrogens with zero attached hydrogens (tertiary/aromatic N) is 1. The minimum absolute atomic E-state index is 0.0863. The van der Waals surface area contributed by atoms with Crippen LogP contribution in [0.2, 0.25) is 0 Å². The molecule has 0 unspecified atom stereocenters. The number of hydrogen-bond donors (Lipinski definition) is 0. The Morgan fingerprint density at radius 1 is 1.09 bits per heavy atom. The van der Waals surface area contributed by atoms with Crippen LogP contribution in [0.1, 0.15) is 52.5 Å². The number of phosphoric ester groups is 1. The number of fused-ring (bicyclic) bond motifs is 1. The van der Waals surface area contributed by atoms with Gasteiger partial charge in [0, 0.05) is 12.5 Å². The number of hydrogen-bond acceptors (Lipinski definition) is 7. The Labute approximate surface area is 192 Å². The van der Waals surface area contributed by atoms with E-state index in [9.17, 15) is 4.57 Å². The summed E-state index contributed by atoms with van der Waals surface area (Å²) in [5.41, 5.74) is 1.31. The molecule has 0 spiro atoms. The zero-order valence-corrected chi connectivity index (χ0v) is 21.3. The molecule has 8 heteroatoms. The van der Waals surface area contributed by atoms with E-state index in [-0.39, 0.29) is 23.7 Å². The predicted octanol–water partition coefficient (Wildman–Crippen LogP) is 5.59. The minimum atomic E-state index is -3.68. The van der Waals surface area contributed by atoms with E-state index in [1.165, 1.54) is 5.56 Å². The van der Waals surface area contributed by atoms with Crippen LogP contribution < -0.4 is 9.47 Å². The Morgan fingerprint density at radius 2 is 1.75 bits per heavy atom. The maximum atomic E-state index is 13.2. The molecule has 2 aliphatic rings. The third-order valence-corrected chi connectivity index (χ3v) is 8.06. The van der Waals surface area contributed by atoms with Crippen LogP contribution in [-0.4, -0.2) is 51.0 Å². The molecule has 1 aliphatic heterocycles. The highest BCUT2D eigenvalue weighted by Crippen LogP contribution is 2.56. The number of methoxy groups -OCH3 is 2. The van der Waals surface area contributed by atoms with Crippen molar-refractivity contribution in [2.75, 3.05) is 27.8 Å². The van der Waals surface area contributed by atoms with Crippen molar-refractivity contribution in [3.8, 4) is 11.5 Å². The maximum absolute atomic E-state index is 13.2. The fourth-order valence-corrected chi connectivity index (χ4v) is 6.47. The molecule has 0 amide bonds.